The lowest BCUT2D eigenvalue weighted by Crippen LogP contribution is -2.54. The van der Waals surface area contributed by atoms with Crippen molar-refractivity contribution < 1.29 is 14.4 Å². The zero-order valence-corrected chi connectivity index (χ0v) is 13.1. The first-order valence-corrected chi connectivity index (χ1v) is 7.13. The molecule has 22 heavy (non-hydrogen) atoms. The van der Waals surface area contributed by atoms with Crippen LogP contribution in [0.1, 0.15) is 10.4 Å². The van der Waals surface area contributed by atoms with Crippen LogP contribution in [0.2, 0.25) is 0 Å². The average molecular weight is 332 g/mol. The Morgan fingerprint density at radius 3 is 2.68 bits per heavy atom. The van der Waals surface area contributed by atoms with Gasteiger partial charge in [0.05, 0.1) is 0 Å². The molecule has 5 nitrogen and oxygen atoms in total. The summed E-state index contributed by atoms with van der Waals surface area (Å²) in [5, 5.41) is 2.37. The molecule has 1 aliphatic heterocycles. The quantitative estimate of drug-likeness (QED) is 0.219. The fourth-order valence-corrected chi connectivity index (χ4v) is 2.40. The molecule has 0 aromatic heterocycles. The second-order valence-corrected chi connectivity index (χ2v) is 5.27. The number of thiocarbonyl (C=S) groups is 1. The lowest BCUT2D eigenvalue weighted by Gasteiger charge is -2.27. The van der Waals surface area contributed by atoms with Crippen molar-refractivity contribution in [1.29, 1.82) is 0 Å². The monoisotopic (exact) mass is 332 g/mol. The van der Waals surface area contributed by atoms with Gasteiger partial charge in [0.15, 0.2) is 10.9 Å². The normalized spacial score (nSPS) is 16.7. The Kier molecular flexibility index (Phi) is 4.89. The molecule has 1 fully saturated rings. The molecule has 0 aliphatic carbocycles. The van der Waals surface area contributed by atoms with Gasteiger partial charge >= 0.3 is 0 Å². The minimum absolute atomic E-state index is 0.00547. The highest BCUT2D eigenvalue weighted by Crippen LogP contribution is 2.16. The summed E-state index contributed by atoms with van der Waals surface area (Å²) in [5.41, 5.74) is 0.0411. The number of amides is 2. The Morgan fingerprint density at radius 2 is 2.05 bits per heavy atom. The molecular weight excluding hydrogens is 320 g/mol. The molecule has 1 N–H and O–H groups in total. The van der Waals surface area contributed by atoms with Crippen molar-refractivity contribution in [2.45, 2.75) is 4.90 Å². The van der Waals surface area contributed by atoms with Crippen molar-refractivity contribution in [3.8, 4) is 0 Å². The van der Waals surface area contributed by atoms with Gasteiger partial charge in [-0.1, -0.05) is 18.2 Å². The molecule has 112 valence electrons. The maximum absolute atomic E-state index is 12.3. The van der Waals surface area contributed by atoms with Crippen molar-refractivity contribution in [1.82, 2.24) is 10.2 Å². The maximum Gasteiger partial charge on any atom is 0.266 e. The van der Waals surface area contributed by atoms with Gasteiger partial charge in [-0.15, -0.1) is 19.2 Å². The van der Waals surface area contributed by atoms with E-state index < -0.39 is 17.6 Å². The molecule has 7 heteroatoms. The van der Waals surface area contributed by atoms with Gasteiger partial charge in [-0.2, -0.15) is 0 Å². The van der Waals surface area contributed by atoms with Crippen molar-refractivity contribution in [2.75, 3.05) is 6.54 Å². The number of thiol groups is 1. The molecule has 2 rings (SSSR count). The number of ketones is 1. The van der Waals surface area contributed by atoms with Gasteiger partial charge in [0.2, 0.25) is 0 Å². The third-order valence-corrected chi connectivity index (χ3v) is 3.65. The van der Waals surface area contributed by atoms with Crippen LogP contribution < -0.4 is 5.32 Å². The van der Waals surface area contributed by atoms with Crippen LogP contribution in [0.5, 0.6) is 0 Å². The SMILES string of the molecule is C=CCN1C(=O)/C(=C\C(=O)c2ccccc2S)C(=O)NC1=S. The van der Waals surface area contributed by atoms with Crippen LogP contribution in [0.15, 0.2) is 53.5 Å². The largest absolute Gasteiger partial charge is 0.298 e. The van der Waals surface area contributed by atoms with Gasteiger partial charge in [-0.05, 0) is 24.4 Å². The maximum atomic E-state index is 12.3. The van der Waals surface area contributed by atoms with Crippen molar-refractivity contribution in [3.05, 3.63) is 54.1 Å². The van der Waals surface area contributed by atoms with Crippen molar-refractivity contribution in [3.63, 3.8) is 0 Å². The highest BCUT2D eigenvalue weighted by Gasteiger charge is 2.33. The molecule has 0 spiro atoms. The zero-order chi connectivity index (χ0) is 16.3. The summed E-state index contributed by atoms with van der Waals surface area (Å²) in [5.74, 6) is -1.80. The predicted molar refractivity (Wildman–Crippen MR) is 88.8 cm³/mol. The molecule has 1 aromatic carbocycles. The van der Waals surface area contributed by atoms with Crippen LogP contribution in [0.25, 0.3) is 0 Å². The van der Waals surface area contributed by atoms with E-state index in [4.69, 9.17) is 12.2 Å². The third-order valence-electron chi connectivity index (χ3n) is 2.94. The van der Waals surface area contributed by atoms with Gasteiger partial charge in [-0.25, -0.2) is 0 Å². The summed E-state index contributed by atoms with van der Waals surface area (Å²) in [7, 11) is 0. The molecule has 2 amide bonds. The number of allylic oxidation sites excluding steroid dienone is 1. The Morgan fingerprint density at radius 1 is 1.36 bits per heavy atom. The van der Waals surface area contributed by atoms with E-state index in [1.165, 1.54) is 6.08 Å². The number of hydrogen-bond acceptors (Lipinski definition) is 5. The standard InChI is InChI=1S/C15H12N2O3S2/c1-2-7-17-14(20)10(13(19)16-15(17)22)8-11(18)9-5-3-4-6-12(9)21/h2-6,8,21H,1,7H2,(H,16,19,22)/b10-8-. The van der Waals surface area contributed by atoms with Crippen LogP contribution in [0.3, 0.4) is 0 Å². The van der Waals surface area contributed by atoms with Gasteiger partial charge < -0.3 is 0 Å². The lowest BCUT2D eigenvalue weighted by molar-refractivity contribution is -0.128. The zero-order valence-electron chi connectivity index (χ0n) is 11.4. The number of nitrogens with one attached hydrogen (secondary N) is 1. The third kappa shape index (κ3) is 3.15. The number of carbonyl (C=O) groups excluding carboxylic acids is 3. The first kappa shape index (κ1) is 16.1. The molecule has 0 atom stereocenters. The number of rotatable bonds is 4. The Labute approximate surface area is 138 Å². The van der Waals surface area contributed by atoms with Crippen LogP contribution >= 0.6 is 24.8 Å². The van der Waals surface area contributed by atoms with Crippen molar-refractivity contribution >= 4 is 47.6 Å². The predicted octanol–water partition coefficient (Wildman–Crippen LogP) is 1.51. The van der Waals surface area contributed by atoms with Crippen LogP contribution in [-0.4, -0.2) is 34.2 Å². The second-order valence-electron chi connectivity index (χ2n) is 4.40. The summed E-state index contributed by atoms with van der Waals surface area (Å²) in [4.78, 5) is 38.1. The highest BCUT2D eigenvalue weighted by molar-refractivity contribution is 7.80. The molecule has 0 bridgehead atoms. The minimum atomic E-state index is -0.694. The highest BCUT2D eigenvalue weighted by atomic mass is 32.1. The molecule has 1 aromatic rings. The van der Waals surface area contributed by atoms with E-state index in [1.807, 2.05) is 0 Å². The van der Waals surface area contributed by atoms with Gasteiger partial charge in [0.25, 0.3) is 11.8 Å². The lowest BCUT2D eigenvalue weighted by atomic mass is 10.1. The van der Waals surface area contributed by atoms with Crippen LogP contribution in [0.4, 0.5) is 0 Å². The molecule has 1 aliphatic rings. The van der Waals surface area contributed by atoms with Gasteiger partial charge in [0, 0.05) is 23.1 Å². The van der Waals surface area contributed by atoms with E-state index in [2.05, 4.69) is 24.5 Å². The van der Waals surface area contributed by atoms with E-state index in [1.54, 1.807) is 24.3 Å². The number of benzene rings is 1. The number of nitrogens with zero attached hydrogens (tertiary/aromatic N) is 1. The number of hydrogen-bond donors (Lipinski definition) is 2. The first-order valence-electron chi connectivity index (χ1n) is 6.27. The van der Waals surface area contributed by atoms with Crippen LogP contribution in [0, 0.1) is 0 Å². The molecule has 0 unspecified atom stereocenters. The van der Waals surface area contributed by atoms with Gasteiger partial charge in [0.1, 0.15) is 5.57 Å². The summed E-state index contributed by atoms with van der Waals surface area (Å²) >= 11 is 9.11. The first-order chi connectivity index (χ1) is 10.5. The van der Waals surface area contributed by atoms with E-state index in [-0.39, 0.29) is 17.2 Å². The summed E-state index contributed by atoms with van der Waals surface area (Å²) in [6.07, 6.45) is 2.48. The van der Waals surface area contributed by atoms with E-state index in [0.717, 1.165) is 11.0 Å². The van der Waals surface area contributed by atoms with Crippen LogP contribution in [-0.2, 0) is 9.59 Å². The molecule has 0 saturated carbocycles. The summed E-state index contributed by atoms with van der Waals surface area (Å²) in [6.45, 7) is 3.67. The number of carbonyl (C=O) groups is 3. The van der Waals surface area contributed by atoms with E-state index >= 15 is 0 Å². The second kappa shape index (κ2) is 6.67. The smallest absolute Gasteiger partial charge is 0.266 e. The molecular formula is C15H12N2O3S2. The fraction of sp³-hybridized carbons (Fsp3) is 0.0667. The summed E-state index contributed by atoms with van der Waals surface area (Å²) in [6, 6.07) is 6.62. The fourth-order valence-electron chi connectivity index (χ4n) is 1.88. The average Bonchev–Trinajstić information content (AvgIpc) is 2.48. The molecule has 0 radical (unpaired) electrons. The molecule has 1 saturated heterocycles. The Hall–Kier alpha value is -2.25. The van der Waals surface area contributed by atoms with Gasteiger partial charge in [-0.3, -0.25) is 24.6 Å². The Balaban J connectivity index is 2.37. The Bertz CT molecular complexity index is 725. The molecule has 1 heterocycles. The van der Waals surface area contributed by atoms with E-state index in [0.29, 0.717) is 10.5 Å². The van der Waals surface area contributed by atoms with Crippen molar-refractivity contribution in [2.24, 2.45) is 0 Å². The summed E-state index contributed by atoms with van der Waals surface area (Å²) < 4.78 is 0. The topological polar surface area (TPSA) is 66.5 Å². The van der Waals surface area contributed by atoms with E-state index in [9.17, 15) is 14.4 Å². The minimum Gasteiger partial charge on any atom is -0.298 e.